The zero-order valence-electron chi connectivity index (χ0n) is 8.42. The fourth-order valence-electron chi connectivity index (χ4n) is 1.49. The lowest BCUT2D eigenvalue weighted by Crippen LogP contribution is -1.94. The van der Waals surface area contributed by atoms with Crippen molar-refractivity contribution in [3.63, 3.8) is 0 Å². The van der Waals surface area contributed by atoms with Gasteiger partial charge >= 0.3 is 5.97 Å². The van der Waals surface area contributed by atoms with Crippen molar-refractivity contribution in [1.29, 1.82) is 0 Å². The summed E-state index contributed by atoms with van der Waals surface area (Å²) in [5.41, 5.74) is 1.99. The summed E-state index contributed by atoms with van der Waals surface area (Å²) < 4.78 is 0. The van der Waals surface area contributed by atoms with Crippen LogP contribution in [-0.4, -0.2) is 16.2 Å². The van der Waals surface area contributed by atoms with E-state index in [9.17, 15) is 9.90 Å². The number of hydrogen-bond donors (Lipinski definition) is 2. The summed E-state index contributed by atoms with van der Waals surface area (Å²) in [6.07, 6.45) is 0. The molecule has 0 aliphatic rings. The van der Waals surface area contributed by atoms with Gasteiger partial charge < -0.3 is 10.2 Å². The third-order valence-corrected chi connectivity index (χ3v) is 2.31. The van der Waals surface area contributed by atoms with Crippen molar-refractivity contribution in [1.82, 2.24) is 0 Å². The lowest BCUT2D eigenvalue weighted by atomic mass is 10.0. The maximum Gasteiger partial charge on any atom is 0.335 e. The van der Waals surface area contributed by atoms with Crippen LogP contribution in [0, 0.1) is 0 Å². The standard InChI is InChI=1S/C13H10O3/c14-12-3-1-2-11(8-12)9-4-6-10(7-5-9)13(15)16/h1-8,14H,(H,15,16). The fourth-order valence-corrected chi connectivity index (χ4v) is 1.49. The van der Waals surface area contributed by atoms with Gasteiger partial charge in [0.15, 0.2) is 0 Å². The molecule has 0 spiro atoms. The smallest absolute Gasteiger partial charge is 0.335 e. The summed E-state index contributed by atoms with van der Waals surface area (Å²) in [5.74, 6) is -0.748. The zero-order chi connectivity index (χ0) is 11.5. The second kappa shape index (κ2) is 4.06. The first-order chi connectivity index (χ1) is 7.66. The molecule has 0 heterocycles. The molecule has 0 saturated carbocycles. The predicted molar refractivity (Wildman–Crippen MR) is 60.5 cm³/mol. The first-order valence-corrected chi connectivity index (χ1v) is 4.79. The quantitative estimate of drug-likeness (QED) is 0.808. The van der Waals surface area contributed by atoms with Crippen LogP contribution in [0.5, 0.6) is 5.75 Å². The number of rotatable bonds is 2. The highest BCUT2D eigenvalue weighted by Crippen LogP contribution is 2.23. The van der Waals surface area contributed by atoms with Crippen LogP contribution in [0.1, 0.15) is 10.4 Å². The summed E-state index contributed by atoms with van der Waals surface area (Å²) in [4.78, 5) is 10.7. The van der Waals surface area contributed by atoms with Crippen molar-refractivity contribution in [3.05, 3.63) is 54.1 Å². The predicted octanol–water partition coefficient (Wildman–Crippen LogP) is 2.76. The molecular weight excluding hydrogens is 204 g/mol. The molecule has 2 aromatic rings. The van der Waals surface area contributed by atoms with Crippen LogP contribution in [0.2, 0.25) is 0 Å². The zero-order valence-corrected chi connectivity index (χ0v) is 8.42. The van der Waals surface area contributed by atoms with Gasteiger partial charge in [0.05, 0.1) is 5.56 Å². The van der Waals surface area contributed by atoms with Gasteiger partial charge in [-0.2, -0.15) is 0 Å². The molecule has 0 aliphatic carbocycles. The Kier molecular flexibility index (Phi) is 2.60. The molecular formula is C13H10O3. The van der Waals surface area contributed by atoms with Crippen molar-refractivity contribution in [2.45, 2.75) is 0 Å². The molecule has 0 fully saturated rings. The van der Waals surface area contributed by atoms with Gasteiger partial charge in [0, 0.05) is 0 Å². The maximum absolute atomic E-state index is 10.7. The Labute approximate surface area is 92.6 Å². The van der Waals surface area contributed by atoms with E-state index in [-0.39, 0.29) is 11.3 Å². The molecule has 2 aromatic carbocycles. The van der Waals surface area contributed by atoms with Crippen LogP contribution in [0.4, 0.5) is 0 Å². The number of carboxylic acid groups (broad SMARTS) is 1. The van der Waals surface area contributed by atoms with E-state index >= 15 is 0 Å². The van der Waals surface area contributed by atoms with Crippen molar-refractivity contribution in [2.24, 2.45) is 0 Å². The van der Waals surface area contributed by atoms with Crippen molar-refractivity contribution >= 4 is 5.97 Å². The van der Waals surface area contributed by atoms with Crippen LogP contribution in [-0.2, 0) is 0 Å². The van der Waals surface area contributed by atoms with E-state index in [4.69, 9.17) is 5.11 Å². The van der Waals surface area contributed by atoms with Crippen molar-refractivity contribution in [3.8, 4) is 16.9 Å². The van der Waals surface area contributed by atoms with E-state index in [2.05, 4.69) is 0 Å². The number of aromatic hydroxyl groups is 1. The largest absolute Gasteiger partial charge is 0.508 e. The Morgan fingerprint density at radius 1 is 0.938 bits per heavy atom. The summed E-state index contributed by atoms with van der Waals surface area (Å²) in [6.45, 7) is 0. The Morgan fingerprint density at radius 2 is 1.62 bits per heavy atom. The minimum Gasteiger partial charge on any atom is -0.508 e. The van der Waals surface area contributed by atoms with E-state index in [0.717, 1.165) is 11.1 Å². The van der Waals surface area contributed by atoms with Gasteiger partial charge in [-0.05, 0) is 35.4 Å². The SMILES string of the molecule is O=C(O)c1ccc(-c2cccc(O)c2)cc1. The van der Waals surface area contributed by atoms with Gasteiger partial charge in [-0.25, -0.2) is 4.79 Å². The van der Waals surface area contributed by atoms with Crippen LogP contribution >= 0.6 is 0 Å². The van der Waals surface area contributed by atoms with Gasteiger partial charge in [-0.15, -0.1) is 0 Å². The second-order valence-corrected chi connectivity index (χ2v) is 3.43. The van der Waals surface area contributed by atoms with Gasteiger partial charge in [0.2, 0.25) is 0 Å². The van der Waals surface area contributed by atoms with Crippen LogP contribution < -0.4 is 0 Å². The highest BCUT2D eigenvalue weighted by molar-refractivity contribution is 5.88. The number of hydrogen-bond acceptors (Lipinski definition) is 2. The van der Waals surface area contributed by atoms with Crippen LogP contribution in [0.3, 0.4) is 0 Å². The number of carbonyl (C=O) groups is 1. The summed E-state index contributed by atoms with van der Waals surface area (Å²) >= 11 is 0. The second-order valence-electron chi connectivity index (χ2n) is 3.43. The van der Waals surface area contributed by atoms with E-state index in [1.54, 1.807) is 42.5 Å². The number of phenols is 1. The molecule has 0 amide bonds. The van der Waals surface area contributed by atoms with Gasteiger partial charge in [0.1, 0.15) is 5.75 Å². The molecule has 0 bridgehead atoms. The monoisotopic (exact) mass is 214 g/mol. The minimum atomic E-state index is -0.942. The van der Waals surface area contributed by atoms with Gasteiger partial charge in [0.25, 0.3) is 0 Å². The topological polar surface area (TPSA) is 57.5 Å². The van der Waals surface area contributed by atoms with Crippen LogP contribution in [0.15, 0.2) is 48.5 Å². The molecule has 3 heteroatoms. The number of aromatic carboxylic acids is 1. The molecule has 0 aliphatic heterocycles. The lowest BCUT2D eigenvalue weighted by Gasteiger charge is -2.02. The number of carboxylic acids is 1. The number of benzene rings is 2. The molecule has 3 nitrogen and oxygen atoms in total. The molecule has 80 valence electrons. The lowest BCUT2D eigenvalue weighted by molar-refractivity contribution is 0.0697. The van der Waals surface area contributed by atoms with E-state index < -0.39 is 5.97 Å². The first-order valence-electron chi connectivity index (χ1n) is 4.79. The van der Waals surface area contributed by atoms with Gasteiger partial charge in [-0.3, -0.25) is 0 Å². The van der Waals surface area contributed by atoms with Crippen LogP contribution in [0.25, 0.3) is 11.1 Å². The third-order valence-electron chi connectivity index (χ3n) is 2.31. The Bertz CT molecular complexity index is 515. The molecule has 16 heavy (non-hydrogen) atoms. The molecule has 2 rings (SSSR count). The minimum absolute atomic E-state index is 0.194. The third kappa shape index (κ3) is 2.03. The highest BCUT2D eigenvalue weighted by atomic mass is 16.4. The first kappa shape index (κ1) is 10.2. The molecule has 0 atom stereocenters. The maximum atomic E-state index is 10.7. The Balaban J connectivity index is 2.38. The van der Waals surface area contributed by atoms with Gasteiger partial charge in [-0.1, -0.05) is 24.3 Å². The highest BCUT2D eigenvalue weighted by Gasteiger charge is 2.03. The molecule has 0 unspecified atom stereocenters. The fraction of sp³-hybridized carbons (Fsp3) is 0. The Morgan fingerprint density at radius 3 is 2.19 bits per heavy atom. The molecule has 0 aromatic heterocycles. The summed E-state index contributed by atoms with van der Waals surface area (Å²) in [7, 11) is 0. The average Bonchev–Trinajstić information content (AvgIpc) is 2.29. The normalized spacial score (nSPS) is 10.0. The summed E-state index contributed by atoms with van der Waals surface area (Å²) in [6, 6.07) is 13.4. The molecule has 0 saturated heterocycles. The summed E-state index contributed by atoms with van der Waals surface area (Å²) in [5, 5.41) is 18.1. The number of phenolic OH excluding ortho intramolecular Hbond substituents is 1. The van der Waals surface area contributed by atoms with Crippen molar-refractivity contribution < 1.29 is 15.0 Å². The van der Waals surface area contributed by atoms with E-state index in [0.29, 0.717) is 0 Å². The molecule has 2 N–H and O–H groups in total. The Hall–Kier alpha value is -2.29. The van der Waals surface area contributed by atoms with Crippen molar-refractivity contribution in [2.75, 3.05) is 0 Å². The molecule has 0 radical (unpaired) electrons. The van der Waals surface area contributed by atoms with E-state index in [1.807, 2.05) is 6.07 Å². The average molecular weight is 214 g/mol. The van der Waals surface area contributed by atoms with E-state index in [1.165, 1.54) is 0 Å².